The number of ether oxygens (including phenoxy) is 1. The Morgan fingerprint density at radius 1 is 1.18 bits per heavy atom. The average molecular weight is 231 g/mol. The van der Waals surface area contributed by atoms with Crippen molar-refractivity contribution in [2.75, 3.05) is 26.3 Å². The van der Waals surface area contributed by atoms with Crippen molar-refractivity contribution in [2.24, 2.45) is 0 Å². The molecule has 0 amide bonds. The summed E-state index contributed by atoms with van der Waals surface area (Å²) in [5.41, 5.74) is 2.26. The normalized spacial score (nSPS) is 17.7. The van der Waals surface area contributed by atoms with Crippen molar-refractivity contribution in [2.45, 2.75) is 13.5 Å². The molecule has 1 aromatic carbocycles. The molecule has 1 aliphatic rings. The molecule has 1 aliphatic heterocycles. The maximum atomic E-state index is 5.84. The third-order valence-electron chi connectivity index (χ3n) is 3.21. The Hall–Kier alpha value is -1.32. The molecule has 0 radical (unpaired) electrons. The molecule has 1 fully saturated rings. The standard InChI is InChI=1S/C14H17NO2/c1-11-2-3-14-12(8-11)9-13(17-14)10-15-4-6-16-7-5-15/h2-3,8-9H,4-7,10H2,1H3. The van der Waals surface area contributed by atoms with Crippen LogP contribution in [-0.4, -0.2) is 31.2 Å². The molecule has 90 valence electrons. The van der Waals surface area contributed by atoms with Gasteiger partial charge in [0.1, 0.15) is 11.3 Å². The molecule has 0 aliphatic carbocycles. The van der Waals surface area contributed by atoms with Crippen molar-refractivity contribution in [3.8, 4) is 0 Å². The van der Waals surface area contributed by atoms with Gasteiger partial charge < -0.3 is 9.15 Å². The van der Waals surface area contributed by atoms with Gasteiger partial charge in [0.25, 0.3) is 0 Å². The smallest absolute Gasteiger partial charge is 0.134 e. The van der Waals surface area contributed by atoms with Crippen LogP contribution in [0.15, 0.2) is 28.7 Å². The Balaban J connectivity index is 1.80. The van der Waals surface area contributed by atoms with Crippen molar-refractivity contribution in [1.82, 2.24) is 4.90 Å². The number of rotatable bonds is 2. The number of hydrogen-bond donors (Lipinski definition) is 0. The molecule has 0 spiro atoms. The van der Waals surface area contributed by atoms with Gasteiger partial charge in [-0.15, -0.1) is 0 Å². The summed E-state index contributed by atoms with van der Waals surface area (Å²) in [6.45, 7) is 6.65. The molecule has 3 nitrogen and oxygen atoms in total. The van der Waals surface area contributed by atoms with Crippen LogP contribution in [0.5, 0.6) is 0 Å². The number of hydrogen-bond acceptors (Lipinski definition) is 3. The van der Waals surface area contributed by atoms with E-state index in [1.807, 2.05) is 6.07 Å². The van der Waals surface area contributed by atoms with E-state index in [9.17, 15) is 0 Å². The summed E-state index contributed by atoms with van der Waals surface area (Å²) < 4.78 is 11.2. The summed E-state index contributed by atoms with van der Waals surface area (Å²) in [4.78, 5) is 2.37. The van der Waals surface area contributed by atoms with Gasteiger partial charge in [0, 0.05) is 18.5 Å². The quantitative estimate of drug-likeness (QED) is 0.794. The lowest BCUT2D eigenvalue weighted by atomic mass is 10.2. The highest BCUT2D eigenvalue weighted by molar-refractivity contribution is 5.78. The molecule has 0 bridgehead atoms. The monoisotopic (exact) mass is 231 g/mol. The second-order valence-electron chi connectivity index (χ2n) is 4.64. The number of nitrogens with zero attached hydrogens (tertiary/aromatic N) is 1. The van der Waals surface area contributed by atoms with E-state index in [0.29, 0.717) is 0 Å². The fraction of sp³-hybridized carbons (Fsp3) is 0.429. The Morgan fingerprint density at radius 2 is 2.00 bits per heavy atom. The SMILES string of the molecule is Cc1ccc2oc(CN3CCOCC3)cc2c1. The molecular formula is C14H17NO2. The molecule has 0 N–H and O–H groups in total. The van der Waals surface area contributed by atoms with E-state index in [0.717, 1.165) is 44.2 Å². The van der Waals surface area contributed by atoms with Crippen LogP contribution in [0.3, 0.4) is 0 Å². The van der Waals surface area contributed by atoms with Crippen LogP contribution >= 0.6 is 0 Å². The number of morpholine rings is 1. The minimum absolute atomic E-state index is 0.833. The molecule has 3 rings (SSSR count). The molecule has 3 heteroatoms. The van der Waals surface area contributed by atoms with Crippen molar-refractivity contribution in [3.05, 3.63) is 35.6 Å². The Labute approximate surface area is 101 Å². The summed E-state index contributed by atoms with van der Waals surface area (Å²) >= 11 is 0. The number of fused-ring (bicyclic) bond motifs is 1. The minimum Gasteiger partial charge on any atom is -0.460 e. The first-order chi connectivity index (χ1) is 8.31. The second kappa shape index (κ2) is 4.51. The van der Waals surface area contributed by atoms with Crippen LogP contribution in [0.1, 0.15) is 11.3 Å². The van der Waals surface area contributed by atoms with Crippen molar-refractivity contribution < 1.29 is 9.15 Å². The zero-order valence-electron chi connectivity index (χ0n) is 10.1. The highest BCUT2D eigenvalue weighted by Crippen LogP contribution is 2.21. The summed E-state index contributed by atoms with van der Waals surface area (Å²) in [5.74, 6) is 1.05. The number of benzene rings is 1. The van der Waals surface area contributed by atoms with Gasteiger partial charge in [-0.25, -0.2) is 0 Å². The van der Waals surface area contributed by atoms with Crippen LogP contribution < -0.4 is 0 Å². The zero-order chi connectivity index (χ0) is 11.7. The van der Waals surface area contributed by atoms with E-state index in [2.05, 4.69) is 30.0 Å². The molecule has 0 unspecified atom stereocenters. The van der Waals surface area contributed by atoms with Gasteiger partial charge in [-0.1, -0.05) is 11.6 Å². The molecular weight excluding hydrogens is 214 g/mol. The van der Waals surface area contributed by atoms with Crippen LogP contribution in [0.2, 0.25) is 0 Å². The van der Waals surface area contributed by atoms with Crippen molar-refractivity contribution in [3.63, 3.8) is 0 Å². The van der Waals surface area contributed by atoms with Crippen LogP contribution in [0, 0.1) is 6.92 Å². The maximum absolute atomic E-state index is 5.84. The minimum atomic E-state index is 0.833. The predicted octanol–water partition coefficient (Wildman–Crippen LogP) is 2.57. The van der Waals surface area contributed by atoms with Crippen LogP contribution in [-0.2, 0) is 11.3 Å². The van der Waals surface area contributed by atoms with E-state index in [4.69, 9.17) is 9.15 Å². The Morgan fingerprint density at radius 3 is 2.82 bits per heavy atom. The van der Waals surface area contributed by atoms with E-state index < -0.39 is 0 Å². The van der Waals surface area contributed by atoms with Crippen LogP contribution in [0.25, 0.3) is 11.0 Å². The Kier molecular flexibility index (Phi) is 2.87. The summed E-state index contributed by atoms with van der Waals surface area (Å²) in [6, 6.07) is 8.46. The third-order valence-corrected chi connectivity index (χ3v) is 3.21. The van der Waals surface area contributed by atoms with Crippen LogP contribution in [0.4, 0.5) is 0 Å². The van der Waals surface area contributed by atoms with E-state index >= 15 is 0 Å². The summed E-state index contributed by atoms with van der Waals surface area (Å²) in [5, 5.41) is 1.20. The Bertz CT molecular complexity index is 512. The van der Waals surface area contributed by atoms with E-state index in [1.54, 1.807) is 0 Å². The van der Waals surface area contributed by atoms with Gasteiger partial charge in [-0.3, -0.25) is 4.90 Å². The van der Waals surface area contributed by atoms with Gasteiger partial charge in [-0.05, 0) is 25.1 Å². The largest absolute Gasteiger partial charge is 0.460 e. The highest BCUT2D eigenvalue weighted by atomic mass is 16.5. The second-order valence-corrected chi connectivity index (χ2v) is 4.64. The predicted molar refractivity (Wildman–Crippen MR) is 67.0 cm³/mol. The van der Waals surface area contributed by atoms with Gasteiger partial charge in [0.15, 0.2) is 0 Å². The molecule has 1 saturated heterocycles. The molecule has 0 atom stereocenters. The summed E-state index contributed by atoms with van der Waals surface area (Å²) in [7, 11) is 0. The molecule has 1 aromatic heterocycles. The van der Waals surface area contributed by atoms with Crippen molar-refractivity contribution in [1.29, 1.82) is 0 Å². The first-order valence-electron chi connectivity index (χ1n) is 6.10. The van der Waals surface area contributed by atoms with Gasteiger partial charge >= 0.3 is 0 Å². The maximum Gasteiger partial charge on any atom is 0.134 e. The summed E-state index contributed by atoms with van der Waals surface area (Å²) in [6.07, 6.45) is 0. The lowest BCUT2D eigenvalue weighted by molar-refractivity contribution is 0.0315. The van der Waals surface area contributed by atoms with Gasteiger partial charge in [0.2, 0.25) is 0 Å². The topological polar surface area (TPSA) is 25.6 Å². The molecule has 0 saturated carbocycles. The lowest BCUT2D eigenvalue weighted by Gasteiger charge is -2.25. The first-order valence-corrected chi connectivity index (χ1v) is 6.10. The zero-order valence-corrected chi connectivity index (χ0v) is 10.1. The molecule has 2 aromatic rings. The fourth-order valence-electron chi connectivity index (χ4n) is 2.28. The average Bonchev–Trinajstić information content (AvgIpc) is 2.71. The van der Waals surface area contributed by atoms with E-state index in [1.165, 1.54) is 10.9 Å². The fourth-order valence-corrected chi connectivity index (χ4v) is 2.28. The third kappa shape index (κ3) is 2.35. The van der Waals surface area contributed by atoms with E-state index in [-0.39, 0.29) is 0 Å². The molecule has 17 heavy (non-hydrogen) atoms. The highest BCUT2D eigenvalue weighted by Gasteiger charge is 2.13. The lowest BCUT2D eigenvalue weighted by Crippen LogP contribution is -2.35. The molecule has 2 heterocycles. The number of furan rings is 1. The number of aryl methyl sites for hydroxylation is 1. The van der Waals surface area contributed by atoms with Crippen molar-refractivity contribution >= 4 is 11.0 Å². The first kappa shape index (κ1) is 10.8. The van der Waals surface area contributed by atoms with Gasteiger partial charge in [-0.2, -0.15) is 0 Å². The van der Waals surface area contributed by atoms with Gasteiger partial charge in [0.05, 0.1) is 19.8 Å².